The Morgan fingerprint density at radius 2 is 1.48 bits per heavy atom. The molecule has 0 bridgehead atoms. The van der Waals surface area contributed by atoms with Crippen LogP contribution in [0.5, 0.6) is 0 Å². The molecule has 2 rings (SSSR count). The van der Waals surface area contributed by atoms with Crippen molar-refractivity contribution < 1.29 is 54.4 Å². The second-order valence-corrected chi connectivity index (χ2v) is 6.83. The number of hydrogen-bond acceptors (Lipinski definition) is 11. The van der Waals surface area contributed by atoms with Crippen molar-refractivity contribution in [2.24, 2.45) is 0 Å². The third-order valence-corrected chi connectivity index (χ3v) is 4.69. The molecule has 10 atom stereocenters. The number of aliphatic hydroxyl groups excluding tert-OH is 6. The van der Waals surface area contributed by atoms with Crippen LogP contribution < -0.4 is 0 Å². The standard InChI is InChI=1S/C16H28O11/c1-6(19)5-24-15-11(21)9(4-18)26-16(13(15)23)27-14-7(2)25-8(3-17)10(20)12(14)22/h7-18,20-23H,3-5H2,1-2H3/t7?,8-,9+,10+,11+,12-,13-,14+,15-,16+/m0/s1. The van der Waals surface area contributed by atoms with Crippen LogP contribution in [-0.2, 0) is 23.7 Å². The lowest BCUT2D eigenvalue weighted by Crippen LogP contribution is -2.64. The van der Waals surface area contributed by atoms with Crippen LogP contribution in [0.15, 0.2) is 0 Å². The predicted molar refractivity (Wildman–Crippen MR) is 86.5 cm³/mol. The summed E-state index contributed by atoms with van der Waals surface area (Å²) in [5, 5.41) is 59.4. The van der Waals surface area contributed by atoms with Crippen molar-refractivity contribution in [2.75, 3.05) is 19.8 Å². The summed E-state index contributed by atoms with van der Waals surface area (Å²) in [6.45, 7) is 1.33. The fraction of sp³-hybridized carbons (Fsp3) is 0.938. The van der Waals surface area contributed by atoms with Crippen molar-refractivity contribution >= 4 is 5.78 Å². The van der Waals surface area contributed by atoms with E-state index in [2.05, 4.69) is 0 Å². The molecule has 11 nitrogen and oxygen atoms in total. The molecule has 158 valence electrons. The number of carbonyl (C=O) groups is 1. The first-order valence-electron chi connectivity index (χ1n) is 8.72. The van der Waals surface area contributed by atoms with Gasteiger partial charge >= 0.3 is 0 Å². The first kappa shape index (κ1) is 22.6. The number of aliphatic hydroxyl groups is 6. The van der Waals surface area contributed by atoms with Gasteiger partial charge in [-0.2, -0.15) is 0 Å². The summed E-state index contributed by atoms with van der Waals surface area (Å²) in [7, 11) is 0. The summed E-state index contributed by atoms with van der Waals surface area (Å²) in [4.78, 5) is 11.1. The number of carbonyl (C=O) groups excluding carboxylic acids is 1. The second kappa shape index (κ2) is 9.65. The normalized spacial score (nSPS) is 45.6. The van der Waals surface area contributed by atoms with Crippen LogP contribution in [-0.4, -0.2) is 117 Å². The van der Waals surface area contributed by atoms with Crippen molar-refractivity contribution in [1.82, 2.24) is 0 Å². The molecule has 2 heterocycles. The highest BCUT2D eigenvalue weighted by Gasteiger charge is 2.50. The molecular formula is C16H28O11. The molecule has 1 unspecified atom stereocenters. The summed E-state index contributed by atoms with van der Waals surface area (Å²) in [5.74, 6) is -0.332. The van der Waals surface area contributed by atoms with E-state index in [-0.39, 0.29) is 12.4 Å². The minimum Gasteiger partial charge on any atom is -0.394 e. The van der Waals surface area contributed by atoms with Gasteiger partial charge < -0.3 is 49.6 Å². The zero-order valence-electron chi connectivity index (χ0n) is 15.1. The maximum atomic E-state index is 11.1. The maximum Gasteiger partial charge on any atom is 0.187 e. The molecule has 0 aromatic rings. The quantitative estimate of drug-likeness (QED) is 0.250. The minimum atomic E-state index is -1.55. The Balaban J connectivity index is 2.12. The number of Topliss-reactive ketones (excluding diaryl/α,β-unsaturated/α-hetero) is 1. The van der Waals surface area contributed by atoms with Gasteiger partial charge in [0.05, 0.1) is 19.3 Å². The van der Waals surface area contributed by atoms with Crippen LogP contribution in [0.2, 0.25) is 0 Å². The van der Waals surface area contributed by atoms with E-state index in [0.29, 0.717) is 0 Å². The van der Waals surface area contributed by atoms with Gasteiger partial charge in [0, 0.05) is 0 Å². The molecule has 0 saturated carbocycles. The van der Waals surface area contributed by atoms with Crippen molar-refractivity contribution in [3.05, 3.63) is 0 Å². The Labute approximate surface area is 156 Å². The minimum absolute atomic E-state index is 0.332. The largest absolute Gasteiger partial charge is 0.394 e. The summed E-state index contributed by atoms with van der Waals surface area (Å²) >= 11 is 0. The van der Waals surface area contributed by atoms with Crippen LogP contribution in [0.3, 0.4) is 0 Å². The van der Waals surface area contributed by atoms with Crippen LogP contribution in [0.4, 0.5) is 0 Å². The van der Waals surface area contributed by atoms with Gasteiger partial charge in [-0.15, -0.1) is 0 Å². The number of ether oxygens (including phenoxy) is 4. The van der Waals surface area contributed by atoms with Crippen molar-refractivity contribution in [3.8, 4) is 0 Å². The van der Waals surface area contributed by atoms with E-state index < -0.39 is 74.4 Å². The molecule has 0 aromatic heterocycles. The fourth-order valence-electron chi connectivity index (χ4n) is 3.20. The first-order chi connectivity index (χ1) is 12.7. The number of hydrogen-bond donors (Lipinski definition) is 6. The molecule has 2 saturated heterocycles. The molecule has 11 heteroatoms. The maximum absolute atomic E-state index is 11.1. The molecule has 0 spiro atoms. The monoisotopic (exact) mass is 396 g/mol. The average molecular weight is 396 g/mol. The molecule has 0 radical (unpaired) electrons. The zero-order valence-corrected chi connectivity index (χ0v) is 15.1. The van der Waals surface area contributed by atoms with Crippen LogP contribution in [0, 0.1) is 0 Å². The van der Waals surface area contributed by atoms with E-state index in [4.69, 9.17) is 18.9 Å². The number of ketones is 1. The first-order valence-corrected chi connectivity index (χ1v) is 8.72. The molecule has 0 aromatic carbocycles. The Hall–Kier alpha value is -0.730. The van der Waals surface area contributed by atoms with Gasteiger partial charge in [-0.25, -0.2) is 0 Å². The lowest BCUT2D eigenvalue weighted by atomic mass is 9.95. The van der Waals surface area contributed by atoms with Crippen LogP contribution in [0.25, 0.3) is 0 Å². The third-order valence-electron chi connectivity index (χ3n) is 4.69. The van der Waals surface area contributed by atoms with Gasteiger partial charge in [0.1, 0.15) is 55.4 Å². The van der Waals surface area contributed by atoms with Crippen LogP contribution >= 0.6 is 0 Å². The van der Waals surface area contributed by atoms with Crippen molar-refractivity contribution in [3.63, 3.8) is 0 Å². The smallest absolute Gasteiger partial charge is 0.187 e. The van der Waals surface area contributed by atoms with Gasteiger partial charge in [0.25, 0.3) is 0 Å². The Kier molecular flexibility index (Phi) is 8.06. The van der Waals surface area contributed by atoms with E-state index in [1.165, 1.54) is 6.92 Å². The highest BCUT2D eigenvalue weighted by molar-refractivity contribution is 5.76. The van der Waals surface area contributed by atoms with E-state index in [1.54, 1.807) is 6.92 Å². The number of rotatable bonds is 7. The average Bonchev–Trinajstić information content (AvgIpc) is 2.63. The van der Waals surface area contributed by atoms with E-state index in [0.717, 1.165) is 0 Å². The van der Waals surface area contributed by atoms with Gasteiger partial charge in [0.2, 0.25) is 0 Å². The fourth-order valence-corrected chi connectivity index (χ4v) is 3.20. The van der Waals surface area contributed by atoms with Gasteiger partial charge in [-0.1, -0.05) is 0 Å². The van der Waals surface area contributed by atoms with Gasteiger partial charge in [-0.05, 0) is 13.8 Å². The van der Waals surface area contributed by atoms with Crippen molar-refractivity contribution in [2.45, 2.75) is 75.1 Å². The zero-order chi connectivity index (χ0) is 20.3. The lowest BCUT2D eigenvalue weighted by molar-refractivity contribution is -0.343. The summed E-state index contributed by atoms with van der Waals surface area (Å²) in [6.07, 6.45) is -12.6. The Morgan fingerprint density at radius 3 is 2.04 bits per heavy atom. The molecule has 6 N–H and O–H groups in total. The van der Waals surface area contributed by atoms with E-state index >= 15 is 0 Å². The molecular weight excluding hydrogens is 368 g/mol. The summed E-state index contributed by atoms with van der Waals surface area (Å²) < 4.78 is 21.5. The predicted octanol–water partition coefficient (Wildman–Crippen LogP) is -3.71. The molecule has 0 amide bonds. The van der Waals surface area contributed by atoms with Crippen LogP contribution in [0.1, 0.15) is 13.8 Å². The SMILES string of the molecule is CC(=O)CO[C@@H]1[C@H](O)[C@@H](O[C@@H]2C(C)O[C@@H](CO)[C@@H](O)[C@@H]2O)O[C@H](CO)[C@H]1O. The summed E-state index contributed by atoms with van der Waals surface area (Å²) in [5.41, 5.74) is 0. The lowest BCUT2D eigenvalue weighted by Gasteiger charge is -2.46. The highest BCUT2D eigenvalue weighted by Crippen LogP contribution is 2.29. The second-order valence-electron chi connectivity index (χ2n) is 6.83. The van der Waals surface area contributed by atoms with Gasteiger partial charge in [-0.3, -0.25) is 4.79 Å². The molecule has 0 aliphatic carbocycles. The van der Waals surface area contributed by atoms with E-state index in [9.17, 15) is 35.4 Å². The highest BCUT2D eigenvalue weighted by atomic mass is 16.7. The Bertz CT molecular complexity index is 489. The summed E-state index contributed by atoms with van der Waals surface area (Å²) in [6, 6.07) is 0. The molecule has 27 heavy (non-hydrogen) atoms. The molecule has 2 aliphatic heterocycles. The van der Waals surface area contributed by atoms with Crippen molar-refractivity contribution in [1.29, 1.82) is 0 Å². The van der Waals surface area contributed by atoms with Gasteiger partial charge in [0.15, 0.2) is 12.1 Å². The molecule has 2 aliphatic rings. The topological polar surface area (TPSA) is 175 Å². The third kappa shape index (κ3) is 5.01. The molecule has 2 fully saturated rings. The Morgan fingerprint density at radius 1 is 0.889 bits per heavy atom. The van der Waals surface area contributed by atoms with E-state index in [1.807, 2.05) is 0 Å².